The fourth-order valence-corrected chi connectivity index (χ4v) is 3.13. The van der Waals surface area contributed by atoms with E-state index in [2.05, 4.69) is 15.1 Å². The van der Waals surface area contributed by atoms with Gasteiger partial charge in [-0.2, -0.15) is 4.98 Å². The molecule has 1 amide bonds. The fourth-order valence-electron chi connectivity index (χ4n) is 2.42. The van der Waals surface area contributed by atoms with Crippen LogP contribution >= 0.6 is 11.3 Å². The quantitative estimate of drug-likeness (QED) is 0.929. The number of thiazole rings is 1. The summed E-state index contributed by atoms with van der Waals surface area (Å²) >= 11 is 1.29. The maximum absolute atomic E-state index is 12.4. The number of hydrogen-bond acceptors (Lipinski definition) is 7. The van der Waals surface area contributed by atoms with Crippen LogP contribution in [0.3, 0.4) is 0 Å². The summed E-state index contributed by atoms with van der Waals surface area (Å²) in [5, 5.41) is 15.9. The molecule has 0 spiro atoms. The lowest BCUT2D eigenvalue weighted by molar-refractivity contribution is 0.0420. The smallest absolute Gasteiger partial charge is 0.273 e. The average Bonchev–Trinajstić information content (AvgIpc) is 3.16. The third-order valence-corrected chi connectivity index (χ3v) is 4.52. The van der Waals surface area contributed by atoms with Crippen molar-refractivity contribution in [3.8, 4) is 10.8 Å². The summed E-state index contributed by atoms with van der Waals surface area (Å²) in [6.45, 7) is 5.95. The number of nitrogens with zero attached hydrogens (tertiary/aromatic N) is 4. The van der Waals surface area contributed by atoms with Crippen molar-refractivity contribution in [3.63, 3.8) is 0 Å². The second kappa shape index (κ2) is 5.44. The van der Waals surface area contributed by atoms with E-state index in [0.29, 0.717) is 10.7 Å². The second-order valence-corrected chi connectivity index (χ2v) is 6.87. The lowest BCUT2D eigenvalue weighted by Gasteiger charge is -2.19. The van der Waals surface area contributed by atoms with E-state index < -0.39 is 5.60 Å². The molecule has 3 heterocycles. The summed E-state index contributed by atoms with van der Waals surface area (Å²) in [5.74, 6) is 0.355. The Balaban J connectivity index is 1.82. The van der Waals surface area contributed by atoms with Crippen molar-refractivity contribution in [2.24, 2.45) is 0 Å². The molecule has 1 aliphatic rings. The molecule has 1 N–H and O–H groups in total. The van der Waals surface area contributed by atoms with Crippen LogP contribution in [0.25, 0.3) is 10.8 Å². The van der Waals surface area contributed by atoms with E-state index in [4.69, 9.17) is 4.52 Å². The minimum Gasteiger partial charge on any atom is -0.381 e. The summed E-state index contributed by atoms with van der Waals surface area (Å²) in [5.41, 5.74) is -0.796. The third-order valence-electron chi connectivity index (χ3n) is 3.68. The van der Waals surface area contributed by atoms with E-state index in [1.54, 1.807) is 19.2 Å². The minimum absolute atomic E-state index is 0.0568. The number of carbonyl (C=O) groups excluding carboxylic acids is 1. The Kier molecular flexibility index (Phi) is 3.73. The van der Waals surface area contributed by atoms with Gasteiger partial charge >= 0.3 is 0 Å². The molecule has 1 atom stereocenters. The summed E-state index contributed by atoms with van der Waals surface area (Å²) in [6, 6.07) is 0.254. The lowest BCUT2D eigenvalue weighted by atomic mass is 10.1. The first-order chi connectivity index (χ1) is 10.4. The molecule has 0 saturated carbocycles. The molecule has 0 bridgehead atoms. The molecule has 2 aromatic rings. The first kappa shape index (κ1) is 15.1. The van der Waals surface area contributed by atoms with E-state index in [1.807, 2.05) is 11.8 Å². The molecule has 2 aromatic heterocycles. The molecule has 3 rings (SSSR count). The zero-order chi connectivity index (χ0) is 15.9. The highest BCUT2D eigenvalue weighted by molar-refractivity contribution is 7.13. The fraction of sp³-hybridized carbons (Fsp3) is 0.571. The normalized spacial score (nSPS) is 18.9. The highest BCUT2D eigenvalue weighted by Crippen LogP contribution is 2.26. The van der Waals surface area contributed by atoms with Crippen molar-refractivity contribution in [1.29, 1.82) is 0 Å². The Morgan fingerprint density at radius 2 is 2.27 bits per heavy atom. The summed E-state index contributed by atoms with van der Waals surface area (Å²) < 4.78 is 5.03. The number of rotatable bonds is 3. The Hall–Kier alpha value is -1.80. The molecule has 0 radical (unpaired) electrons. The van der Waals surface area contributed by atoms with Gasteiger partial charge in [-0.05, 0) is 33.6 Å². The molecule has 7 nitrogen and oxygen atoms in total. The predicted molar refractivity (Wildman–Crippen MR) is 80.4 cm³/mol. The van der Waals surface area contributed by atoms with Crippen LogP contribution < -0.4 is 0 Å². The van der Waals surface area contributed by atoms with E-state index in [9.17, 15) is 9.90 Å². The lowest BCUT2D eigenvalue weighted by Crippen LogP contribution is -2.33. The van der Waals surface area contributed by atoms with E-state index in [0.717, 1.165) is 19.4 Å². The van der Waals surface area contributed by atoms with Crippen LogP contribution in [0.4, 0.5) is 0 Å². The molecule has 118 valence electrons. The molecule has 1 saturated heterocycles. The topological polar surface area (TPSA) is 92.4 Å². The van der Waals surface area contributed by atoms with Gasteiger partial charge in [-0.1, -0.05) is 5.16 Å². The highest BCUT2D eigenvalue weighted by atomic mass is 32.1. The molecular formula is C14H18N4O3S. The number of aliphatic hydroxyl groups is 1. The van der Waals surface area contributed by atoms with Gasteiger partial charge in [0.1, 0.15) is 11.3 Å². The summed E-state index contributed by atoms with van der Waals surface area (Å²) in [6.07, 6.45) is 2.06. The van der Waals surface area contributed by atoms with Gasteiger partial charge in [-0.15, -0.1) is 11.3 Å². The Bertz CT molecular complexity index is 688. The van der Waals surface area contributed by atoms with Crippen molar-refractivity contribution in [1.82, 2.24) is 20.0 Å². The second-order valence-electron chi connectivity index (χ2n) is 6.01. The van der Waals surface area contributed by atoms with E-state index >= 15 is 0 Å². The molecule has 0 unspecified atom stereocenters. The van der Waals surface area contributed by atoms with Gasteiger partial charge in [0, 0.05) is 18.0 Å². The monoisotopic (exact) mass is 322 g/mol. The SMILES string of the molecule is C[C@H]1CCCN1C(=O)c1csc(-c2noc(C(C)(C)O)n2)n1. The zero-order valence-corrected chi connectivity index (χ0v) is 13.6. The number of carbonyl (C=O) groups is 1. The van der Waals surface area contributed by atoms with Crippen molar-refractivity contribution < 1.29 is 14.4 Å². The van der Waals surface area contributed by atoms with Crippen molar-refractivity contribution >= 4 is 17.2 Å². The average molecular weight is 322 g/mol. The standard InChI is InChI=1S/C14H18N4O3S/c1-8-5-4-6-18(8)12(19)9-7-22-11(15-9)10-16-13(21-17-10)14(2,3)20/h7-8,20H,4-6H2,1-3H3/t8-/m0/s1. The maximum Gasteiger partial charge on any atom is 0.273 e. The predicted octanol–water partition coefficient (Wildman–Crippen LogP) is 2.05. The van der Waals surface area contributed by atoms with Gasteiger partial charge in [-0.25, -0.2) is 4.98 Å². The van der Waals surface area contributed by atoms with Crippen LogP contribution in [0, 0.1) is 0 Å². The van der Waals surface area contributed by atoms with Crippen LogP contribution in [0.2, 0.25) is 0 Å². The number of likely N-dealkylation sites (tertiary alicyclic amines) is 1. The zero-order valence-electron chi connectivity index (χ0n) is 12.7. The number of amides is 1. The Morgan fingerprint density at radius 1 is 1.50 bits per heavy atom. The van der Waals surface area contributed by atoms with Gasteiger partial charge in [0.05, 0.1) is 0 Å². The maximum atomic E-state index is 12.4. The molecule has 22 heavy (non-hydrogen) atoms. The summed E-state index contributed by atoms with van der Waals surface area (Å²) in [4.78, 5) is 22.7. The number of hydrogen-bond donors (Lipinski definition) is 1. The summed E-state index contributed by atoms with van der Waals surface area (Å²) in [7, 11) is 0. The largest absolute Gasteiger partial charge is 0.381 e. The van der Waals surface area contributed by atoms with Crippen LogP contribution in [0.1, 0.15) is 50.0 Å². The third kappa shape index (κ3) is 2.76. The van der Waals surface area contributed by atoms with Crippen LogP contribution in [-0.2, 0) is 5.60 Å². The van der Waals surface area contributed by atoms with Gasteiger partial charge in [0.15, 0.2) is 5.01 Å². The van der Waals surface area contributed by atoms with Crippen molar-refractivity contribution in [2.75, 3.05) is 6.54 Å². The van der Waals surface area contributed by atoms with Crippen LogP contribution in [0.5, 0.6) is 0 Å². The van der Waals surface area contributed by atoms with Crippen molar-refractivity contribution in [3.05, 3.63) is 17.0 Å². The van der Waals surface area contributed by atoms with Gasteiger partial charge in [0.25, 0.3) is 11.8 Å². The molecule has 8 heteroatoms. The number of aromatic nitrogens is 3. The van der Waals surface area contributed by atoms with Crippen LogP contribution in [-0.4, -0.2) is 43.6 Å². The van der Waals surface area contributed by atoms with Crippen LogP contribution in [0.15, 0.2) is 9.90 Å². The van der Waals surface area contributed by atoms with Crippen molar-refractivity contribution in [2.45, 2.75) is 45.3 Å². The van der Waals surface area contributed by atoms with E-state index in [-0.39, 0.29) is 23.7 Å². The Labute approximate surface area is 132 Å². The molecule has 1 fully saturated rings. The molecule has 0 aromatic carbocycles. The first-order valence-electron chi connectivity index (χ1n) is 7.19. The van der Waals surface area contributed by atoms with Gasteiger partial charge < -0.3 is 14.5 Å². The minimum atomic E-state index is -1.20. The molecule has 1 aliphatic heterocycles. The molecule has 0 aliphatic carbocycles. The van der Waals surface area contributed by atoms with E-state index in [1.165, 1.54) is 11.3 Å². The molecular weight excluding hydrogens is 304 g/mol. The Morgan fingerprint density at radius 3 is 2.86 bits per heavy atom. The first-order valence-corrected chi connectivity index (χ1v) is 8.07. The van der Waals surface area contributed by atoms with Gasteiger partial charge in [0.2, 0.25) is 5.82 Å². The highest BCUT2D eigenvalue weighted by Gasteiger charge is 2.29. The van der Waals surface area contributed by atoms with Gasteiger partial charge in [-0.3, -0.25) is 4.79 Å².